The van der Waals surface area contributed by atoms with Crippen LogP contribution in [0.4, 0.5) is 4.39 Å². The maximum absolute atomic E-state index is 13.6. The normalized spacial score (nSPS) is 25.2. The Kier molecular flexibility index (Phi) is 7.02. The second-order valence-electron chi connectivity index (χ2n) is 6.81. The summed E-state index contributed by atoms with van der Waals surface area (Å²) in [4.78, 5) is 12.2. The molecule has 2 aliphatic heterocycles. The van der Waals surface area contributed by atoms with Gasteiger partial charge in [0.25, 0.3) is 0 Å². The molecule has 0 radical (unpaired) electrons. The highest BCUT2D eigenvalue weighted by Gasteiger charge is 2.34. The molecule has 0 saturated carbocycles. The number of hydrogen-bond acceptors (Lipinski definition) is 3. The van der Waals surface area contributed by atoms with E-state index in [4.69, 9.17) is 4.74 Å². The molecule has 1 amide bonds. The van der Waals surface area contributed by atoms with Gasteiger partial charge in [-0.15, -0.1) is 12.4 Å². The lowest BCUT2D eigenvalue weighted by molar-refractivity contribution is -0.122. The summed E-state index contributed by atoms with van der Waals surface area (Å²) in [5, 5.41) is 6.56. The third-order valence-corrected chi connectivity index (χ3v) is 4.94. The fraction of sp³-hybridized carbons (Fsp3) is 0.611. The van der Waals surface area contributed by atoms with Gasteiger partial charge >= 0.3 is 0 Å². The average Bonchev–Trinajstić information content (AvgIpc) is 2.87. The van der Waals surface area contributed by atoms with Crippen molar-refractivity contribution < 1.29 is 13.9 Å². The molecule has 2 atom stereocenters. The van der Waals surface area contributed by atoms with Gasteiger partial charge in [-0.3, -0.25) is 4.79 Å². The van der Waals surface area contributed by atoms with Crippen molar-refractivity contribution in [2.24, 2.45) is 5.92 Å². The molecule has 1 aromatic carbocycles. The Morgan fingerprint density at radius 1 is 1.33 bits per heavy atom. The second-order valence-corrected chi connectivity index (χ2v) is 6.81. The minimum atomic E-state index is -0.271. The smallest absolute Gasteiger partial charge is 0.220 e. The van der Waals surface area contributed by atoms with Crippen LogP contribution in [0.5, 0.6) is 0 Å². The number of nitrogens with one attached hydrogen (secondary N) is 2. The van der Waals surface area contributed by atoms with Crippen molar-refractivity contribution in [1.29, 1.82) is 0 Å². The number of ether oxygens (including phenoxy) is 1. The number of fused-ring (bicyclic) bond motifs is 2. The van der Waals surface area contributed by atoms with E-state index >= 15 is 0 Å². The summed E-state index contributed by atoms with van der Waals surface area (Å²) in [7, 11) is 1.54. The fourth-order valence-electron chi connectivity index (χ4n) is 3.88. The number of rotatable bonds is 6. The van der Waals surface area contributed by atoms with Crippen molar-refractivity contribution in [3.05, 3.63) is 35.1 Å². The van der Waals surface area contributed by atoms with Gasteiger partial charge in [0, 0.05) is 37.7 Å². The second kappa shape index (κ2) is 8.79. The molecule has 2 aliphatic rings. The first kappa shape index (κ1) is 19.2. The molecule has 0 spiro atoms. The maximum atomic E-state index is 13.6. The molecule has 6 heteroatoms. The van der Waals surface area contributed by atoms with Crippen LogP contribution >= 0.6 is 12.4 Å². The van der Waals surface area contributed by atoms with Crippen LogP contribution < -0.4 is 10.6 Å². The molecule has 4 nitrogen and oxygen atoms in total. The van der Waals surface area contributed by atoms with Crippen LogP contribution in [0.3, 0.4) is 0 Å². The van der Waals surface area contributed by atoms with Crippen LogP contribution in [-0.2, 0) is 22.7 Å². The number of methoxy groups -OCH3 is 1. The van der Waals surface area contributed by atoms with Crippen LogP contribution in [0.2, 0.25) is 0 Å². The predicted octanol–water partition coefficient (Wildman–Crippen LogP) is 2.93. The first-order chi connectivity index (χ1) is 11.1. The highest BCUT2D eigenvalue weighted by atomic mass is 35.5. The number of piperidine rings is 1. The number of benzene rings is 1. The SMILES string of the molecule is COCc1cc(CNC(=O)CC2CC3CCC(C2)N3)ccc1F.Cl. The van der Waals surface area contributed by atoms with Crippen LogP contribution in [0.25, 0.3) is 0 Å². The largest absolute Gasteiger partial charge is 0.380 e. The Bertz CT molecular complexity index is 558. The van der Waals surface area contributed by atoms with E-state index in [-0.39, 0.29) is 30.7 Å². The van der Waals surface area contributed by atoms with Crippen molar-refractivity contribution in [3.8, 4) is 0 Å². The minimum Gasteiger partial charge on any atom is -0.380 e. The average molecular weight is 357 g/mol. The van der Waals surface area contributed by atoms with Crippen LogP contribution in [0, 0.1) is 11.7 Å². The van der Waals surface area contributed by atoms with Crippen molar-refractivity contribution in [1.82, 2.24) is 10.6 Å². The Morgan fingerprint density at radius 2 is 2.04 bits per heavy atom. The van der Waals surface area contributed by atoms with Gasteiger partial charge in [0.2, 0.25) is 5.91 Å². The third-order valence-electron chi connectivity index (χ3n) is 4.94. The summed E-state index contributed by atoms with van der Waals surface area (Å²) in [6.07, 6.45) is 5.32. The molecule has 1 aromatic rings. The van der Waals surface area contributed by atoms with Gasteiger partial charge < -0.3 is 15.4 Å². The molecule has 2 saturated heterocycles. The zero-order chi connectivity index (χ0) is 16.2. The van der Waals surface area contributed by atoms with Crippen molar-refractivity contribution >= 4 is 18.3 Å². The lowest BCUT2D eigenvalue weighted by Gasteiger charge is -2.28. The number of amides is 1. The summed E-state index contributed by atoms with van der Waals surface area (Å²) < 4.78 is 18.6. The van der Waals surface area contributed by atoms with Gasteiger partial charge in [0.1, 0.15) is 5.82 Å². The minimum absolute atomic E-state index is 0. The number of carbonyl (C=O) groups excluding carboxylic acids is 1. The van der Waals surface area contributed by atoms with Crippen molar-refractivity contribution in [2.45, 2.75) is 57.3 Å². The molecular formula is C18H26ClFN2O2. The van der Waals surface area contributed by atoms with Crippen LogP contribution in [-0.4, -0.2) is 25.1 Å². The van der Waals surface area contributed by atoms with E-state index in [2.05, 4.69) is 10.6 Å². The topological polar surface area (TPSA) is 50.4 Å². The summed E-state index contributed by atoms with van der Waals surface area (Å²) >= 11 is 0. The maximum Gasteiger partial charge on any atom is 0.220 e. The quantitative estimate of drug-likeness (QED) is 0.824. The number of halogens is 2. The van der Waals surface area contributed by atoms with E-state index in [1.165, 1.54) is 18.9 Å². The molecule has 2 bridgehead atoms. The van der Waals surface area contributed by atoms with E-state index in [9.17, 15) is 9.18 Å². The van der Waals surface area contributed by atoms with Crippen LogP contribution in [0.15, 0.2) is 18.2 Å². The zero-order valence-electron chi connectivity index (χ0n) is 14.0. The summed E-state index contributed by atoms with van der Waals surface area (Å²) in [5.74, 6) is 0.312. The standard InChI is InChI=1S/C18H25FN2O2.ClH/c1-23-11-14-6-12(2-5-17(14)19)10-20-18(22)9-13-7-15-3-4-16(8-13)21-15;/h2,5-6,13,15-16,21H,3-4,7-11H2,1H3,(H,20,22);1H. The van der Waals surface area contributed by atoms with E-state index in [1.54, 1.807) is 19.2 Å². The summed E-state index contributed by atoms with van der Waals surface area (Å²) in [5.41, 5.74) is 1.42. The Hall–Kier alpha value is -1.17. The first-order valence-electron chi connectivity index (χ1n) is 8.43. The third kappa shape index (κ3) is 4.91. The summed E-state index contributed by atoms with van der Waals surface area (Å²) in [6, 6.07) is 6.12. The Labute approximate surface area is 148 Å². The van der Waals surface area contributed by atoms with Gasteiger partial charge in [-0.05, 0) is 49.3 Å². The molecule has 24 heavy (non-hydrogen) atoms. The summed E-state index contributed by atoms with van der Waals surface area (Å²) in [6.45, 7) is 0.680. The van der Waals surface area contributed by atoms with Crippen LogP contribution in [0.1, 0.15) is 43.2 Å². The van der Waals surface area contributed by atoms with Crippen molar-refractivity contribution in [2.75, 3.05) is 7.11 Å². The van der Waals surface area contributed by atoms with E-state index in [0.717, 1.165) is 18.4 Å². The van der Waals surface area contributed by atoms with E-state index in [1.807, 2.05) is 0 Å². The monoisotopic (exact) mass is 356 g/mol. The highest BCUT2D eigenvalue weighted by Crippen LogP contribution is 2.32. The molecule has 2 N–H and O–H groups in total. The number of carbonyl (C=O) groups is 1. The lowest BCUT2D eigenvalue weighted by Crippen LogP contribution is -2.39. The van der Waals surface area contributed by atoms with Crippen molar-refractivity contribution in [3.63, 3.8) is 0 Å². The fourth-order valence-corrected chi connectivity index (χ4v) is 3.88. The first-order valence-corrected chi connectivity index (χ1v) is 8.43. The van der Waals surface area contributed by atoms with E-state index < -0.39 is 0 Å². The lowest BCUT2D eigenvalue weighted by atomic mass is 9.89. The Morgan fingerprint density at radius 3 is 2.71 bits per heavy atom. The van der Waals surface area contributed by atoms with E-state index in [0.29, 0.717) is 36.5 Å². The highest BCUT2D eigenvalue weighted by molar-refractivity contribution is 5.85. The molecule has 0 aliphatic carbocycles. The Balaban J connectivity index is 0.00000208. The van der Waals surface area contributed by atoms with Gasteiger partial charge in [-0.25, -0.2) is 4.39 Å². The molecule has 2 fully saturated rings. The number of hydrogen-bond donors (Lipinski definition) is 2. The predicted molar refractivity (Wildman–Crippen MR) is 93.5 cm³/mol. The van der Waals surface area contributed by atoms with Gasteiger partial charge in [-0.2, -0.15) is 0 Å². The van der Waals surface area contributed by atoms with Gasteiger partial charge in [0.15, 0.2) is 0 Å². The molecular weight excluding hydrogens is 331 g/mol. The molecule has 134 valence electrons. The van der Waals surface area contributed by atoms with Gasteiger partial charge in [-0.1, -0.05) is 6.07 Å². The molecule has 2 heterocycles. The van der Waals surface area contributed by atoms with Gasteiger partial charge in [0.05, 0.1) is 6.61 Å². The molecule has 0 aromatic heterocycles. The molecule has 3 rings (SSSR count). The molecule has 2 unspecified atom stereocenters. The zero-order valence-corrected chi connectivity index (χ0v) is 14.8.